The van der Waals surface area contributed by atoms with E-state index in [1.54, 1.807) is 11.3 Å². The Labute approximate surface area is 86.1 Å². The number of benzene rings is 1. The highest BCUT2D eigenvalue weighted by atomic mass is 35.5. The normalized spacial score (nSPS) is 10.9. The van der Waals surface area contributed by atoms with Gasteiger partial charge in [0.05, 0.1) is 11.6 Å². The van der Waals surface area contributed by atoms with E-state index in [-0.39, 0.29) is 0 Å². The van der Waals surface area contributed by atoms with Gasteiger partial charge in [0.25, 0.3) is 0 Å². The molecule has 0 saturated carbocycles. The van der Waals surface area contributed by atoms with Gasteiger partial charge in [-0.3, -0.25) is 0 Å². The van der Waals surface area contributed by atoms with E-state index in [0.29, 0.717) is 5.88 Å². The van der Waals surface area contributed by atoms with Crippen molar-refractivity contribution in [1.29, 1.82) is 0 Å². The van der Waals surface area contributed by atoms with Crippen molar-refractivity contribution in [2.45, 2.75) is 12.8 Å². The molecule has 2 rings (SSSR count). The van der Waals surface area contributed by atoms with Crippen molar-refractivity contribution in [3.8, 4) is 0 Å². The Morgan fingerprint density at radius 3 is 2.85 bits per heavy atom. The van der Waals surface area contributed by atoms with Gasteiger partial charge in [-0.05, 0) is 12.5 Å². The average Bonchev–Trinajstić information content (AvgIpc) is 2.45. The Hall–Kier alpha value is -0.730. The van der Waals surface area contributed by atoms with Crippen LogP contribution in [0.3, 0.4) is 0 Å². The SMILES string of the molecule is Cc1cccc2c(N)c(CCl)sc12. The molecule has 0 aliphatic rings. The standard InChI is InChI=1S/C10H10ClNS/c1-6-3-2-4-7-9(12)8(5-11)13-10(6)7/h2-4H,5,12H2,1H3. The predicted molar refractivity (Wildman–Crippen MR) is 60.5 cm³/mol. The summed E-state index contributed by atoms with van der Waals surface area (Å²) in [5.74, 6) is 0.505. The summed E-state index contributed by atoms with van der Waals surface area (Å²) in [4.78, 5) is 1.07. The molecule has 0 fully saturated rings. The lowest BCUT2D eigenvalue weighted by molar-refractivity contribution is 1.53. The van der Waals surface area contributed by atoms with Crippen molar-refractivity contribution >= 4 is 38.7 Å². The zero-order chi connectivity index (χ0) is 9.42. The molecule has 0 radical (unpaired) electrons. The first-order chi connectivity index (χ1) is 6.24. The minimum atomic E-state index is 0.505. The second-order valence-corrected chi connectivity index (χ2v) is 4.40. The first-order valence-electron chi connectivity index (χ1n) is 4.06. The summed E-state index contributed by atoms with van der Waals surface area (Å²) in [6.07, 6.45) is 0. The molecule has 1 nitrogen and oxygen atoms in total. The summed E-state index contributed by atoms with van der Waals surface area (Å²) in [5, 5.41) is 1.14. The molecule has 1 heterocycles. The van der Waals surface area contributed by atoms with Gasteiger partial charge in [0.2, 0.25) is 0 Å². The largest absolute Gasteiger partial charge is 0.397 e. The van der Waals surface area contributed by atoms with Gasteiger partial charge in [0.15, 0.2) is 0 Å². The van der Waals surface area contributed by atoms with Crippen LogP contribution in [0.4, 0.5) is 5.69 Å². The fraction of sp³-hybridized carbons (Fsp3) is 0.200. The van der Waals surface area contributed by atoms with Crippen LogP contribution in [-0.2, 0) is 5.88 Å². The minimum Gasteiger partial charge on any atom is -0.397 e. The summed E-state index contributed by atoms with van der Waals surface area (Å²) in [5.41, 5.74) is 8.06. The molecular formula is C10H10ClNS. The number of rotatable bonds is 1. The minimum absolute atomic E-state index is 0.505. The third kappa shape index (κ3) is 1.30. The summed E-state index contributed by atoms with van der Waals surface area (Å²) in [6, 6.07) is 6.17. The zero-order valence-corrected chi connectivity index (χ0v) is 8.88. The molecular weight excluding hydrogens is 202 g/mol. The monoisotopic (exact) mass is 211 g/mol. The summed E-state index contributed by atoms with van der Waals surface area (Å²) in [7, 11) is 0. The second kappa shape index (κ2) is 3.20. The van der Waals surface area contributed by atoms with E-state index in [2.05, 4.69) is 13.0 Å². The van der Waals surface area contributed by atoms with Crippen LogP contribution in [0, 0.1) is 6.92 Å². The fourth-order valence-electron chi connectivity index (χ4n) is 1.43. The van der Waals surface area contributed by atoms with E-state index >= 15 is 0 Å². The van der Waals surface area contributed by atoms with E-state index in [1.807, 2.05) is 12.1 Å². The maximum absolute atomic E-state index is 5.94. The van der Waals surface area contributed by atoms with Crippen LogP contribution < -0.4 is 5.73 Å². The fourth-order valence-corrected chi connectivity index (χ4v) is 2.77. The molecule has 68 valence electrons. The van der Waals surface area contributed by atoms with E-state index in [1.165, 1.54) is 10.3 Å². The maximum Gasteiger partial charge on any atom is 0.0589 e. The molecule has 0 spiro atoms. The highest BCUT2D eigenvalue weighted by Gasteiger charge is 2.08. The number of halogens is 1. The topological polar surface area (TPSA) is 26.0 Å². The average molecular weight is 212 g/mol. The number of anilines is 1. The Morgan fingerprint density at radius 1 is 1.46 bits per heavy atom. The van der Waals surface area contributed by atoms with Crippen molar-refractivity contribution < 1.29 is 0 Å². The Balaban J connectivity index is 2.83. The van der Waals surface area contributed by atoms with Gasteiger partial charge in [-0.2, -0.15) is 0 Å². The molecule has 3 heteroatoms. The van der Waals surface area contributed by atoms with Crippen LogP contribution in [0.1, 0.15) is 10.4 Å². The molecule has 1 aromatic heterocycles. The molecule has 0 amide bonds. The number of hydrogen-bond donors (Lipinski definition) is 1. The van der Waals surface area contributed by atoms with Crippen LogP contribution in [0.5, 0.6) is 0 Å². The highest BCUT2D eigenvalue weighted by molar-refractivity contribution is 7.20. The number of aryl methyl sites for hydroxylation is 1. The molecule has 0 unspecified atom stereocenters. The number of thiophene rings is 1. The number of fused-ring (bicyclic) bond motifs is 1. The molecule has 2 aromatic rings. The highest BCUT2D eigenvalue weighted by Crippen LogP contribution is 2.36. The van der Waals surface area contributed by atoms with Crippen LogP contribution in [0.15, 0.2) is 18.2 Å². The predicted octanol–water partition coefficient (Wildman–Crippen LogP) is 3.53. The van der Waals surface area contributed by atoms with Crippen LogP contribution in [-0.4, -0.2) is 0 Å². The third-order valence-electron chi connectivity index (χ3n) is 2.15. The Bertz CT molecular complexity index is 447. The van der Waals surface area contributed by atoms with Gasteiger partial charge >= 0.3 is 0 Å². The quantitative estimate of drug-likeness (QED) is 0.718. The molecule has 0 bridgehead atoms. The van der Waals surface area contributed by atoms with Gasteiger partial charge < -0.3 is 5.73 Å². The van der Waals surface area contributed by atoms with Crippen LogP contribution in [0.2, 0.25) is 0 Å². The van der Waals surface area contributed by atoms with Crippen molar-refractivity contribution in [2.24, 2.45) is 0 Å². The molecule has 13 heavy (non-hydrogen) atoms. The lowest BCUT2D eigenvalue weighted by Crippen LogP contribution is -1.85. The molecule has 0 aliphatic carbocycles. The first kappa shape index (κ1) is 8.85. The van der Waals surface area contributed by atoms with E-state index in [9.17, 15) is 0 Å². The number of nitrogens with two attached hydrogens (primary N) is 1. The third-order valence-corrected chi connectivity index (χ3v) is 3.93. The summed E-state index contributed by atoms with van der Waals surface area (Å²) < 4.78 is 1.26. The Morgan fingerprint density at radius 2 is 2.23 bits per heavy atom. The lowest BCUT2D eigenvalue weighted by Gasteiger charge is -1.94. The van der Waals surface area contributed by atoms with Crippen LogP contribution in [0.25, 0.3) is 10.1 Å². The molecule has 0 saturated heterocycles. The van der Waals surface area contributed by atoms with Crippen molar-refractivity contribution in [2.75, 3.05) is 5.73 Å². The van der Waals surface area contributed by atoms with Gasteiger partial charge in [-0.15, -0.1) is 22.9 Å². The number of nitrogen functional groups attached to an aromatic ring is 1. The molecule has 0 atom stereocenters. The zero-order valence-electron chi connectivity index (χ0n) is 7.30. The van der Waals surface area contributed by atoms with Gasteiger partial charge in [-0.25, -0.2) is 0 Å². The molecule has 1 aromatic carbocycles. The van der Waals surface area contributed by atoms with E-state index < -0.39 is 0 Å². The summed E-state index contributed by atoms with van der Waals surface area (Å²) >= 11 is 7.48. The first-order valence-corrected chi connectivity index (χ1v) is 5.41. The Kier molecular flexibility index (Phi) is 2.18. The molecule has 2 N–H and O–H groups in total. The van der Waals surface area contributed by atoms with Gasteiger partial charge in [0.1, 0.15) is 0 Å². The summed E-state index contributed by atoms with van der Waals surface area (Å²) in [6.45, 7) is 2.09. The molecule has 0 aliphatic heterocycles. The van der Waals surface area contributed by atoms with Gasteiger partial charge in [0, 0.05) is 15.0 Å². The van der Waals surface area contributed by atoms with Crippen molar-refractivity contribution in [3.05, 3.63) is 28.6 Å². The van der Waals surface area contributed by atoms with E-state index in [4.69, 9.17) is 17.3 Å². The van der Waals surface area contributed by atoms with Crippen molar-refractivity contribution in [1.82, 2.24) is 0 Å². The number of alkyl halides is 1. The van der Waals surface area contributed by atoms with Gasteiger partial charge in [-0.1, -0.05) is 18.2 Å². The second-order valence-electron chi connectivity index (χ2n) is 3.02. The lowest BCUT2D eigenvalue weighted by atomic mass is 10.1. The van der Waals surface area contributed by atoms with Crippen molar-refractivity contribution in [3.63, 3.8) is 0 Å². The smallest absolute Gasteiger partial charge is 0.0589 e. The van der Waals surface area contributed by atoms with E-state index in [0.717, 1.165) is 16.0 Å². The van der Waals surface area contributed by atoms with Crippen LogP contribution >= 0.6 is 22.9 Å². The number of hydrogen-bond acceptors (Lipinski definition) is 2. The maximum atomic E-state index is 5.94.